The number of anilines is 1. The van der Waals surface area contributed by atoms with E-state index in [0.29, 0.717) is 21.3 Å². The molecular weight excluding hydrogens is 360 g/mol. The van der Waals surface area contributed by atoms with Crippen molar-refractivity contribution >= 4 is 40.6 Å². The molecule has 132 valence electrons. The fourth-order valence-electron chi connectivity index (χ4n) is 2.90. The number of amides is 2. The van der Waals surface area contributed by atoms with Crippen LogP contribution in [0.1, 0.15) is 35.4 Å². The molecule has 7 heteroatoms. The lowest BCUT2D eigenvalue weighted by Gasteiger charge is -2.29. The first kappa shape index (κ1) is 17.8. The minimum Gasteiger partial charge on any atom is -0.446 e. The molecule has 3 rings (SSSR count). The summed E-state index contributed by atoms with van der Waals surface area (Å²) in [5, 5.41) is 5.71. The molecular formula is C18H19ClN2O3S. The number of ether oxygens (including phenoxy) is 1. The van der Waals surface area contributed by atoms with Gasteiger partial charge < -0.3 is 10.1 Å². The third-order valence-electron chi connectivity index (χ3n) is 4.05. The van der Waals surface area contributed by atoms with Gasteiger partial charge in [0.1, 0.15) is 6.10 Å². The van der Waals surface area contributed by atoms with Gasteiger partial charge in [0.15, 0.2) is 0 Å². The van der Waals surface area contributed by atoms with Crippen LogP contribution in [0.25, 0.3) is 0 Å². The minimum absolute atomic E-state index is 0.00310. The smallest absolute Gasteiger partial charge is 0.411 e. The summed E-state index contributed by atoms with van der Waals surface area (Å²) in [6.07, 6.45) is 2.54. The quantitative estimate of drug-likeness (QED) is 0.810. The summed E-state index contributed by atoms with van der Waals surface area (Å²) >= 11 is 7.12. The molecule has 5 nitrogen and oxygen atoms in total. The molecule has 25 heavy (non-hydrogen) atoms. The van der Waals surface area contributed by atoms with Crippen molar-refractivity contribution in [1.29, 1.82) is 0 Å². The lowest BCUT2D eigenvalue weighted by Crippen LogP contribution is -2.41. The van der Waals surface area contributed by atoms with Crippen LogP contribution in [0.5, 0.6) is 0 Å². The molecule has 1 aromatic heterocycles. The van der Waals surface area contributed by atoms with Gasteiger partial charge in [-0.15, -0.1) is 11.3 Å². The second-order valence-corrected chi connectivity index (χ2v) is 7.67. The fourth-order valence-corrected chi connectivity index (χ4v) is 3.84. The summed E-state index contributed by atoms with van der Waals surface area (Å²) in [5.41, 5.74) is 0.697. The zero-order chi connectivity index (χ0) is 17.6. The van der Waals surface area contributed by atoms with Gasteiger partial charge in [0.25, 0.3) is 5.91 Å². The Hall–Kier alpha value is -2.05. The molecule has 2 atom stereocenters. The lowest BCUT2D eigenvalue weighted by atomic mass is 9.93. The molecule has 2 amide bonds. The molecule has 1 aliphatic carbocycles. The predicted octanol–water partition coefficient (Wildman–Crippen LogP) is 4.69. The maximum atomic E-state index is 12.2. The van der Waals surface area contributed by atoms with Crippen LogP contribution in [0.2, 0.25) is 4.34 Å². The highest BCUT2D eigenvalue weighted by Crippen LogP contribution is 2.24. The van der Waals surface area contributed by atoms with Crippen LogP contribution in [0.15, 0.2) is 42.5 Å². The first-order valence-corrected chi connectivity index (χ1v) is 9.38. The van der Waals surface area contributed by atoms with Crippen LogP contribution in [0.4, 0.5) is 10.5 Å². The van der Waals surface area contributed by atoms with Crippen LogP contribution in [0.3, 0.4) is 0 Å². The molecule has 2 N–H and O–H groups in total. The van der Waals surface area contributed by atoms with E-state index in [1.165, 1.54) is 11.3 Å². The molecule has 0 unspecified atom stereocenters. The van der Waals surface area contributed by atoms with Gasteiger partial charge in [0, 0.05) is 18.2 Å². The number of thiophene rings is 1. The zero-order valence-corrected chi connectivity index (χ0v) is 15.1. The SMILES string of the molecule is O=C(Nc1ccccc1)O[C@H]1CCC[C@H](NC(=O)c2ccc(Cl)s2)C1. The summed E-state index contributed by atoms with van der Waals surface area (Å²) in [6, 6.07) is 12.6. The van der Waals surface area contributed by atoms with Gasteiger partial charge in [0.2, 0.25) is 0 Å². The van der Waals surface area contributed by atoms with Crippen molar-refractivity contribution in [3.63, 3.8) is 0 Å². The third-order valence-corrected chi connectivity index (χ3v) is 5.28. The van der Waals surface area contributed by atoms with Gasteiger partial charge in [-0.25, -0.2) is 4.79 Å². The summed E-state index contributed by atoms with van der Waals surface area (Å²) in [7, 11) is 0. The maximum absolute atomic E-state index is 12.2. The van der Waals surface area contributed by atoms with Crippen LogP contribution < -0.4 is 10.6 Å². The maximum Gasteiger partial charge on any atom is 0.411 e. The number of nitrogens with one attached hydrogen (secondary N) is 2. The number of carbonyl (C=O) groups is 2. The molecule has 0 bridgehead atoms. The summed E-state index contributed by atoms with van der Waals surface area (Å²) in [5.74, 6) is -0.128. The minimum atomic E-state index is -0.465. The Labute approximate surface area is 155 Å². The highest BCUT2D eigenvalue weighted by molar-refractivity contribution is 7.18. The number of hydrogen-bond donors (Lipinski definition) is 2. The van der Waals surface area contributed by atoms with E-state index in [9.17, 15) is 9.59 Å². The largest absolute Gasteiger partial charge is 0.446 e. The van der Waals surface area contributed by atoms with Crippen molar-refractivity contribution in [3.8, 4) is 0 Å². The second kappa shape index (κ2) is 8.36. The summed E-state index contributed by atoms with van der Waals surface area (Å²) in [4.78, 5) is 24.8. The molecule has 1 heterocycles. The Morgan fingerprint density at radius 3 is 2.64 bits per heavy atom. The number of halogens is 1. The van der Waals surface area contributed by atoms with Crippen LogP contribution in [-0.2, 0) is 4.74 Å². The molecule has 1 aromatic carbocycles. The Bertz CT molecular complexity index is 735. The normalized spacial score (nSPS) is 19.9. The molecule has 0 spiro atoms. The molecule has 0 aliphatic heterocycles. The monoisotopic (exact) mass is 378 g/mol. The van der Waals surface area contributed by atoms with Crippen molar-refractivity contribution in [1.82, 2.24) is 5.32 Å². The summed E-state index contributed by atoms with van der Waals surface area (Å²) in [6.45, 7) is 0. The van der Waals surface area contributed by atoms with Crippen LogP contribution >= 0.6 is 22.9 Å². The molecule has 1 fully saturated rings. The molecule has 1 aliphatic rings. The lowest BCUT2D eigenvalue weighted by molar-refractivity contribution is 0.0714. The van der Waals surface area contributed by atoms with E-state index in [0.717, 1.165) is 19.3 Å². The average Bonchev–Trinajstić information content (AvgIpc) is 3.02. The second-order valence-electron chi connectivity index (χ2n) is 5.96. The Kier molecular flexibility index (Phi) is 5.94. The predicted molar refractivity (Wildman–Crippen MR) is 99.4 cm³/mol. The highest BCUT2D eigenvalue weighted by atomic mass is 35.5. The van der Waals surface area contributed by atoms with E-state index in [4.69, 9.17) is 16.3 Å². The standard InChI is InChI=1S/C18H19ClN2O3S/c19-16-10-9-15(25-16)17(22)20-13-7-4-8-14(11-13)24-18(23)21-12-5-2-1-3-6-12/h1-3,5-6,9-10,13-14H,4,7-8,11H2,(H,20,22)(H,21,23)/t13-,14-/m0/s1. The van der Waals surface area contributed by atoms with Gasteiger partial charge in [-0.2, -0.15) is 0 Å². The van der Waals surface area contributed by atoms with Crippen LogP contribution in [0, 0.1) is 0 Å². The van der Waals surface area contributed by atoms with Gasteiger partial charge in [-0.05, 0) is 43.5 Å². The zero-order valence-electron chi connectivity index (χ0n) is 13.5. The average molecular weight is 379 g/mol. The van der Waals surface area contributed by atoms with Crippen molar-refractivity contribution in [2.45, 2.75) is 37.8 Å². The van der Waals surface area contributed by atoms with Gasteiger partial charge in [-0.3, -0.25) is 10.1 Å². The van der Waals surface area contributed by atoms with E-state index in [1.807, 2.05) is 18.2 Å². The summed E-state index contributed by atoms with van der Waals surface area (Å²) < 4.78 is 6.09. The van der Waals surface area contributed by atoms with E-state index >= 15 is 0 Å². The van der Waals surface area contributed by atoms with E-state index < -0.39 is 6.09 Å². The van der Waals surface area contributed by atoms with Gasteiger partial charge >= 0.3 is 6.09 Å². The van der Waals surface area contributed by atoms with Crippen molar-refractivity contribution in [3.05, 3.63) is 51.7 Å². The van der Waals surface area contributed by atoms with E-state index in [1.54, 1.807) is 24.3 Å². The molecule has 1 saturated carbocycles. The number of para-hydroxylation sites is 1. The number of benzene rings is 1. The first-order chi connectivity index (χ1) is 12.1. The molecule has 0 radical (unpaired) electrons. The van der Waals surface area contributed by atoms with E-state index in [2.05, 4.69) is 10.6 Å². The first-order valence-electron chi connectivity index (χ1n) is 8.19. The Morgan fingerprint density at radius 2 is 1.92 bits per heavy atom. The fraction of sp³-hybridized carbons (Fsp3) is 0.333. The molecule has 0 saturated heterocycles. The third kappa shape index (κ3) is 5.21. The van der Waals surface area contributed by atoms with Gasteiger partial charge in [0.05, 0.1) is 9.21 Å². The van der Waals surface area contributed by atoms with E-state index in [-0.39, 0.29) is 18.1 Å². The highest BCUT2D eigenvalue weighted by Gasteiger charge is 2.26. The molecule has 2 aromatic rings. The van der Waals surface area contributed by atoms with Crippen LogP contribution in [-0.4, -0.2) is 24.1 Å². The van der Waals surface area contributed by atoms with Crippen molar-refractivity contribution in [2.75, 3.05) is 5.32 Å². The Balaban J connectivity index is 1.49. The Morgan fingerprint density at radius 1 is 1.12 bits per heavy atom. The number of hydrogen-bond acceptors (Lipinski definition) is 4. The topological polar surface area (TPSA) is 67.4 Å². The van der Waals surface area contributed by atoms with Crippen molar-refractivity contribution < 1.29 is 14.3 Å². The number of carbonyl (C=O) groups excluding carboxylic acids is 2. The van der Waals surface area contributed by atoms with Crippen molar-refractivity contribution in [2.24, 2.45) is 0 Å². The number of rotatable bonds is 4. The van der Waals surface area contributed by atoms with Gasteiger partial charge in [-0.1, -0.05) is 29.8 Å².